The van der Waals surface area contributed by atoms with Crippen LogP contribution in [0.1, 0.15) is 39.5 Å². The van der Waals surface area contributed by atoms with Crippen molar-refractivity contribution in [1.29, 1.82) is 0 Å². The Morgan fingerprint density at radius 1 is 1.50 bits per heavy atom. The van der Waals surface area contributed by atoms with Crippen LogP contribution in [0.4, 0.5) is 5.95 Å². The van der Waals surface area contributed by atoms with Crippen molar-refractivity contribution >= 4 is 5.95 Å². The van der Waals surface area contributed by atoms with E-state index in [0.717, 1.165) is 12.5 Å². The summed E-state index contributed by atoms with van der Waals surface area (Å²) in [5, 5.41) is 0. The van der Waals surface area contributed by atoms with Crippen molar-refractivity contribution in [2.24, 2.45) is 5.92 Å². The molecular weight excluding hydrogens is 174 g/mol. The fourth-order valence-electron chi connectivity index (χ4n) is 1.69. The second-order valence-corrected chi connectivity index (χ2v) is 3.85. The van der Waals surface area contributed by atoms with Gasteiger partial charge >= 0.3 is 0 Å². The van der Waals surface area contributed by atoms with E-state index in [1.807, 2.05) is 10.8 Å². The van der Waals surface area contributed by atoms with Gasteiger partial charge in [0.05, 0.1) is 0 Å². The molecule has 0 saturated heterocycles. The summed E-state index contributed by atoms with van der Waals surface area (Å²) >= 11 is 0. The highest BCUT2D eigenvalue weighted by atomic mass is 15.1. The topological polar surface area (TPSA) is 43.8 Å². The monoisotopic (exact) mass is 195 g/mol. The standard InChI is InChI=1S/C11H21N3/c1-3-5-6-10(4-2)9-14-8-7-13-11(14)12/h7-8,10H,3-6,9H2,1-2H3,(H2,12,13). The van der Waals surface area contributed by atoms with Gasteiger partial charge in [-0.1, -0.05) is 33.1 Å². The van der Waals surface area contributed by atoms with Gasteiger partial charge in [0.1, 0.15) is 0 Å². The van der Waals surface area contributed by atoms with Gasteiger partial charge < -0.3 is 10.3 Å². The van der Waals surface area contributed by atoms with Crippen molar-refractivity contribution in [3.8, 4) is 0 Å². The highest BCUT2D eigenvalue weighted by Crippen LogP contribution is 2.16. The molecule has 1 rings (SSSR count). The van der Waals surface area contributed by atoms with Crippen LogP contribution in [0.15, 0.2) is 12.4 Å². The van der Waals surface area contributed by atoms with Gasteiger partial charge in [0, 0.05) is 18.9 Å². The maximum Gasteiger partial charge on any atom is 0.200 e. The zero-order valence-electron chi connectivity index (χ0n) is 9.24. The summed E-state index contributed by atoms with van der Waals surface area (Å²) in [5.41, 5.74) is 5.72. The highest BCUT2D eigenvalue weighted by molar-refractivity contribution is 5.16. The molecule has 0 saturated carbocycles. The molecule has 1 aromatic rings. The number of hydrogen-bond donors (Lipinski definition) is 1. The van der Waals surface area contributed by atoms with Crippen molar-refractivity contribution in [1.82, 2.24) is 9.55 Å². The zero-order chi connectivity index (χ0) is 10.4. The molecule has 0 radical (unpaired) electrons. The Morgan fingerprint density at radius 2 is 2.29 bits per heavy atom. The van der Waals surface area contributed by atoms with E-state index in [2.05, 4.69) is 18.8 Å². The van der Waals surface area contributed by atoms with Gasteiger partial charge in [-0.2, -0.15) is 0 Å². The first kappa shape index (κ1) is 11.1. The lowest BCUT2D eigenvalue weighted by Gasteiger charge is -2.15. The van der Waals surface area contributed by atoms with Crippen LogP contribution in [0.2, 0.25) is 0 Å². The van der Waals surface area contributed by atoms with E-state index in [0.29, 0.717) is 5.95 Å². The number of imidazole rings is 1. The smallest absolute Gasteiger partial charge is 0.200 e. The second kappa shape index (κ2) is 5.68. The quantitative estimate of drug-likeness (QED) is 0.758. The third kappa shape index (κ3) is 3.05. The largest absolute Gasteiger partial charge is 0.369 e. The maximum absolute atomic E-state index is 5.72. The minimum atomic E-state index is 0.639. The molecule has 0 bridgehead atoms. The molecule has 3 nitrogen and oxygen atoms in total. The van der Waals surface area contributed by atoms with Gasteiger partial charge in [0.2, 0.25) is 0 Å². The van der Waals surface area contributed by atoms with E-state index in [-0.39, 0.29) is 0 Å². The summed E-state index contributed by atoms with van der Waals surface area (Å²) in [6.07, 6.45) is 8.83. The minimum absolute atomic E-state index is 0.639. The highest BCUT2D eigenvalue weighted by Gasteiger charge is 2.07. The Bertz CT molecular complexity index is 255. The predicted molar refractivity (Wildman–Crippen MR) is 59.9 cm³/mol. The molecular formula is C11H21N3. The van der Waals surface area contributed by atoms with Crippen molar-refractivity contribution in [3.05, 3.63) is 12.4 Å². The average Bonchev–Trinajstić information content (AvgIpc) is 2.59. The number of unbranched alkanes of at least 4 members (excludes halogenated alkanes) is 1. The van der Waals surface area contributed by atoms with E-state index in [1.165, 1.54) is 25.7 Å². The second-order valence-electron chi connectivity index (χ2n) is 3.85. The van der Waals surface area contributed by atoms with E-state index < -0.39 is 0 Å². The number of anilines is 1. The number of nitrogen functional groups attached to an aromatic ring is 1. The summed E-state index contributed by atoms with van der Waals surface area (Å²) in [5.74, 6) is 1.38. The van der Waals surface area contributed by atoms with Crippen LogP contribution in [0.25, 0.3) is 0 Å². The minimum Gasteiger partial charge on any atom is -0.369 e. The summed E-state index contributed by atoms with van der Waals surface area (Å²) in [4.78, 5) is 4.02. The van der Waals surface area contributed by atoms with Crippen molar-refractivity contribution in [2.75, 3.05) is 5.73 Å². The average molecular weight is 195 g/mol. The van der Waals surface area contributed by atoms with E-state index in [9.17, 15) is 0 Å². The fourth-order valence-corrected chi connectivity index (χ4v) is 1.69. The number of nitrogens with zero attached hydrogens (tertiary/aromatic N) is 2. The van der Waals surface area contributed by atoms with Crippen LogP contribution >= 0.6 is 0 Å². The molecule has 1 aromatic heterocycles. The molecule has 2 N–H and O–H groups in total. The molecule has 0 aliphatic rings. The summed E-state index contributed by atoms with van der Waals surface area (Å²) < 4.78 is 2.05. The lowest BCUT2D eigenvalue weighted by Crippen LogP contribution is -2.11. The SMILES string of the molecule is CCCCC(CC)Cn1ccnc1N. The Balaban J connectivity index is 2.44. The number of nitrogens with two attached hydrogens (primary N) is 1. The summed E-state index contributed by atoms with van der Waals surface area (Å²) in [6.45, 7) is 5.49. The Morgan fingerprint density at radius 3 is 2.79 bits per heavy atom. The molecule has 0 aliphatic carbocycles. The van der Waals surface area contributed by atoms with E-state index >= 15 is 0 Å². The zero-order valence-corrected chi connectivity index (χ0v) is 9.24. The van der Waals surface area contributed by atoms with Crippen LogP contribution in [0.3, 0.4) is 0 Å². The van der Waals surface area contributed by atoms with Crippen LogP contribution in [0.5, 0.6) is 0 Å². The molecule has 0 aromatic carbocycles. The lowest BCUT2D eigenvalue weighted by atomic mass is 9.99. The van der Waals surface area contributed by atoms with Crippen molar-refractivity contribution in [3.63, 3.8) is 0 Å². The third-order valence-electron chi connectivity index (χ3n) is 2.75. The third-order valence-corrected chi connectivity index (χ3v) is 2.75. The van der Waals surface area contributed by atoms with Crippen molar-refractivity contribution < 1.29 is 0 Å². The van der Waals surface area contributed by atoms with Crippen molar-refractivity contribution in [2.45, 2.75) is 46.1 Å². The van der Waals surface area contributed by atoms with Crippen LogP contribution in [-0.2, 0) is 6.54 Å². The molecule has 0 amide bonds. The number of hydrogen-bond acceptors (Lipinski definition) is 2. The molecule has 1 heterocycles. The molecule has 14 heavy (non-hydrogen) atoms. The molecule has 0 fully saturated rings. The van der Waals surface area contributed by atoms with Gasteiger partial charge in [0.25, 0.3) is 0 Å². The number of aromatic nitrogens is 2. The Labute approximate surface area is 86.3 Å². The molecule has 1 atom stereocenters. The molecule has 3 heteroatoms. The first-order valence-electron chi connectivity index (χ1n) is 5.54. The lowest BCUT2D eigenvalue weighted by molar-refractivity contribution is 0.393. The predicted octanol–water partition coefficient (Wildman–Crippen LogP) is 2.68. The van der Waals surface area contributed by atoms with Crippen LogP contribution in [0, 0.1) is 5.92 Å². The molecule has 1 unspecified atom stereocenters. The van der Waals surface area contributed by atoms with E-state index in [1.54, 1.807) is 6.20 Å². The van der Waals surface area contributed by atoms with E-state index in [4.69, 9.17) is 5.73 Å². The molecule has 0 aliphatic heterocycles. The van der Waals surface area contributed by atoms with Gasteiger partial charge in [-0.3, -0.25) is 0 Å². The first-order chi connectivity index (χ1) is 6.77. The summed E-state index contributed by atoms with van der Waals surface area (Å²) in [6, 6.07) is 0. The normalized spacial score (nSPS) is 13.0. The summed E-state index contributed by atoms with van der Waals surface area (Å²) in [7, 11) is 0. The maximum atomic E-state index is 5.72. The molecule has 0 spiro atoms. The van der Waals surface area contributed by atoms with Gasteiger partial charge in [-0.15, -0.1) is 0 Å². The molecule has 80 valence electrons. The van der Waals surface area contributed by atoms with Crippen LogP contribution in [-0.4, -0.2) is 9.55 Å². The van der Waals surface area contributed by atoms with Gasteiger partial charge in [0.15, 0.2) is 5.95 Å². The number of rotatable bonds is 6. The van der Waals surface area contributed by atoms with Gasteiger partial charge in [-0.25, -0.2) is 4.98 Å². The Kier molecular flexibility index (Phi) is 4.50. The van der Waals surface area contributed by atoms with Crippen LogP contribution < -0.4 is 5.73 Å². The first-order valence-corrected chi connectivity index (χ1v) is 5.54. The van der Waals surface area contributed by atoms with Gasteiger partial charge in [-0.05, 0) is 12.3 Å². The Hall–Kier alpha value is -0.990. The fraction of sp³-hybridized carbons (Fsp3) is 0.727.